The quantitative estimate of drug-likeness (QED) is 0.667. The van der Waals surface area contributed by atoms with Gasteiger partial charge in [0.1, 0.15) is 6.54 Å². The molecular weight excluding hydrogens is 212 g/mol. The molecule has 1 aromatic heterocycles. The van der Waals surface area contributed by atoms with Gasteiger partial charge in [0.25, 0.3) is 5.91 Å². The third kappa shape index (κ3) is 3.52. The highest BCUT2D eigenvalue weighted by Crippen LogP contribution is 1.94. The van der Waals surface area contributed by atoms with Crippen LogP contribution in [-0.2, 0) is 11.3 Å². The van der Waals surface area contributed by atoms with E-state index in [0.717, 1.165) is 10.3 Å². The smallest absolute Gasteiger partial charge is 0.325 e. The highest BCUT2D eigenvalue weighted by molar-refractivity contribution is 5.92. The molecule has 0 aliphatic heterocycles. The van der Waals surface area contributed by atoms with Gasteiger partial charge in [0, 0.05) is 6.54 Å². The van der Waals surface area contributed by atoms with Crippen molar-refractivity contribution in [3.8, 4) is 0 Å². The van der Waals surface area contributed by atoms with Gasteiger partial charge in [0.05, 0.1) is 6.20 Å². The number of nitrogens with zero attached hydrogens (tertiary/aromatic N) is 3. The zero-order valence-corrected chi connectivity index (χ0v) is 8.80. The first kappa shape index (κ1) is 11.9. The fourth-order valence-corrected chi connectivity index (χ4v) is 0.940. The van der Waals surface area contributed by atoms with Gasteiger partial charge in [-0.1, -0.05) is 17.4 Å². The summed E-state index contributed by atoms with van der Waals surface area (Å²) in [6.45, 7) is 5.44. The minimum Gasteiger partial charge on any atom is -0.480 e. The molecule has 0 unspecified atom stereocenters. The van der Waals surface area contributed by atoms with E-state index in [2.05, 4.69) is 22.2 Å². The summed E-state index contributed by atoms with van der Waals surface area (Å²) in [5.41, 5.74) is 0.897. The molecule has 1 rings (SSSR count). The van der Waals surface area contributed by atoms with E-state index in [4.69, 9.17) is 5.11 Å². The van der Waals surface area contributed by atoms with Gasteiger partial charge in [-0.2, -0.15) is 0 Å². The van der Waals surface area contributed by atoms with Crippen LogP contribution in [0.3, 0.4) is 0 Å². The number of aromatic nitrogens is 3. The number of rotatable bonds is 5. The second kappa shape index (κ2) is 5.06. The molecule has 0 spiro atoms. The van der Waals surface area contributed by atoms with E-state index >= 15 is 0 Å². The zero-order chi connectivity index (χ0) is 12.1. The lowest BCUT2D eigenvalue weighted by molar-refractivity contribution is -0.137. The predicted octanol–water partition coefficient (Wildman–Crippen LogP) is -0.331. The third-order valence-corrected chi connectivity index (χ3v) is 1.62. The predicted molar refractivity (Wildman–Crippen MR) is 54.8 cm³/mol. The topological polar surface area (TPSA) is 97.1 Å². The van der Waals surface area contributed by atoms with Gasteiger partial charge in [-0.3, -0.25) is 9.59 Å². The average Bonchev–Trinajstić information content (AvgIpc) is 2.61. The molecular formula is C9H12N4O3. The number of hydrogen-bond acceptors (Lipinski definition) is 4. The first-order valence-electron chi connectivity index (χ1n) is 4.53. The first-order valence-corrected chi connectivity index (χ1v) is 4.53. The Hall–Kier alpha value is -2.18. The summed E-state index contributed by atoms with van der Waals surface area (Å²) in [6, 6.07) is 0. The van der Waals surface area contributed by atoms with Crippen molar-refractivity contribution >= 4 is 11.9 Å². The van der Waals surface area contributed by atoms with Gasteiger partial charge in [-0.05, 0) is 6.92 Å². The summed E-state index contributed by atoms with van der Waals surface area (Å²) in [6.07, 6.45) is 1.28. The van der Waals surface area contributed by atoms with E-state index in [1.807, 2.05) is 0 Å². The van der Waals surface area contributed by atoms with Crippen molar-refractivity contribution in [3.63, 3.8) is 0 Å². The van der Waals surface area contributed by atoms with Crippen LogP contribution < -0.4 is 5.32 Å². The van der Waals surface area contributed by atoms with Gasteiger partial charge >= 0.3 is 5.97 Å². The lowest BCUT2D eigenvalue weighted by Gasteiger charge is -2.00. The lowest BCUT2D eigenvalue weighted by Crippen LogP contribution is -2.25. The monoisotopic (exact) mass is 224 g/mol. The molecule has 0 bridgehead atoms. The van der Waals surface area contributed by atoms with Crippen molar-refractivity contribution in [2.24, 2.45) is 0 Å². The minimum absolute atomic E-state index is 0.0856. The van der Waals surface area contributed by atoms with Crippen molar-refractivity contribution in [2.45, 2.75) is 13.5 Å². The van der Waals surface area contributed by atoms with Crippen LogP contribution in [-0.4, -0.2) is 38.5 Å². The summed E-state index contributed by atoms with van der Waals surface area (Å²) >= 11 is 0. The number of nitrogens with one attached hydrogen (secondary N) is 1. The number of carbonyl (C=O) groups is 2. The summed E-state index contributed by atoms with van der Waals surface area (Å²) in [7, 11) is 0. The molecule has 2 N–H and O–H groups in total. The van der Waals surface area contributed by atoms with E-state index in [1.54, 1.807) is 6.92 Å². The van der Waals surface area contributed by atoms with E-state index < -0.39 is 11.9 Å². The molecule has 1 amide bonds. The van der Waals surface area contributed by atoms with Crippen LogP contribution in [0.5, 0.6) is 0 Å². The van der Waals surface area contributed by atoms with Crippen molar-refractivity contribution < 1.29 is 14.7 Å². The molecule has 0 aliphatic rings. The molecule has 86 valence electrons. The largest absolute Gasteiger partial charge is 0.480 e. The molecule has 0 saturated heterocycles. The van der Waals surface area contributed by atoms with Crippen molar-refractivity contribution in [3.05, 3.63) is 24.0 Å². The van der Waals surface area contributed by atoms with Crippen LogP contribution in [0, 0.1) is 0 Å². The van der Waals surface area contributed by atoms with Crippen molar-refractivity contribution in [2.75, 3.05) is 6.54 Å². The highest BCUT2D eigenvalue weighted by atomic mass is 16.4. The number of carboxylic acids is 1. The zero-order valence-electron chi connectivity index (χ0n) is 8.80. The Labute approximate surface area is 91.8 Å². The van der Waals surface area contributed by atoms with Crippen LogP contribution in [0.1, 0.15) is 17.4 Å². The standard InChI is InChI=1S/C9H12N4O3/c1-6(2)3-10-9(16)7-4-13(12-11-7)5-8(14)15/h4H,1,3,5H2,2H3,(H,10,16)(H,14,15). The van der Waals surface area contributed by atoms with E-state index in [0.29, 0.717) is 6.54 Å². The molecule has 0 aromatic carbocycles. The summed E-state index contributed by atoms with van der Waals surface area (Å²) in [5.74, 6) is -1.45. The molecule has 0 saturated carbocycles. The molecule has 7 heteroatoms. The molecule has 1 heterocycles. The Bertz CT molecular complexity index is 424. The summed E-state index contributed by atoms with van der Waals surface area (Å²) in [4.78, 5) is 21.8. The van der Waals surface area contributed by atoms with Crippen LogP contribution >= 0.6 is 0 Å². The summed E-state index contributed by atoms with van der Waals surface area (Å²) < 4.78 is 1.08. The van der Waals surface area contributed by atoms with Gasteiger partial charge in [-0.25, -0.2) is 4.68 Å². The van der Waals surface area contributed by atoms with Crippen LogP contribution in [0.15, 0.2) is 18.3 Å². The Morgan fingerprint density at radius 1 is 1.62 bits per heavy atom. The van der Waals surface area contributed by atoms with Gasteiger partial charge in [-0.15, -0.1) is 5.10 Å². The van der Waals surface area contributed by atoms with Gasteiger partial charge in [0.15, 0.2) is 5.69 Å². The van der Waals surface area contributed by atoms with Gasteiger partial charge in [0.2, 0.25) is 0 Å². The Balaban J connectivity index is 2.59. The van der Waals surface area contributed by atoms with Crippen molar-refractivity contribution in [1.29, 1.82) is 0 Å². The Kier molecular flexibility index (Phi) is 3.76. The molecule has 0 atom stereocenters. The molecule has 7 nitrogen and oxygen atoms in total. The SMILES string of the molecule is C=C(C)CNC(=O)c1cn(CC(=O)O)nn1. The van der Waals surface area contributed by atoms with E-state index in [9.17, 15) is 9.59 Å². The van der Waals surface area contributed by atoms with Gasteiger partial charge < -0.3 is 10.4 Å². The second-order valence-corrected chi connectivity index (χ2v) is 3.33. The van der Waals surface area contributed by atoms with Crippen LogP contribution in [0.25, 0.3) is 0 Å². The fraction of sp³-hybridized carbons (Fsp3) is 0.333. The maximum atomic E-state index is 11.4. The number of carboxylic acid groups (broad SMARTS) is 1. The van der Waals surface area contributed by atoms with E-state index in [-0.39, 0.29) is 12.2 Å². The number of carbonyl (C=O) groups excluding carboxylic acids is 1. The Morgan fingerprint density at radius 3 is 2.88 bits per heavy atom. The number of hydrogen-bond donors (Lipinski definition) is 2. The summed E-state index contributed by atoms with van der Waals surface area (Å²) in [5, 5.41) is 18.1. The average molecular weight is 224 g/mol. The number of amides is 1. The molecule has 1 aromatic rings. The molecule has 0 radical (unpaired) electrons. The lowest BCUT2D eigenvalue weighted by atomic mass is 10.3. The fourth-order valence-electron chi connectivity index (χ4n) is 0.940. The first-order chi connectivity index (χ1) is 7.49. The third-order valence-electron chi connectivity index (χ3n) is 1.62. The highest BCUT2D eigenvalue weighted by Gasteiger charge is 2.11. The van der Waals surface area contributed by atoms with Crippen molar-refractivity contribution in [1.82, 2.24) is 20.3 Å². The molecule has 0 fully saturated rings. The number of aliphatic carboxylic acids is 1. The minimum atomic E-state index is -1.04. The maximum absolute atomic E-state index is 11.4. The maximum Gasteiger partial charge on any atom is 0.325 e. The normalized spacial score (nSPS) is 9.81. The second-order valence-electron chi connectivity index (χ2n) is 3.33. The van der Waals surface area contributed by atoms with Crippen LogP contribution in [0.2, 0.25) is 0 Å². The van der Waals surface area contributed by atoms with E-state index in [1.165, 1.54) is 6.20 Å². The van der Waals surface area contributed by atoms with Crippen LogP contribution in [0.4, 0.5) is 0 Å². The Morgan fingerprint density at radius 2 is 2.31 bits per heavy atom. The molecule has 0 aliphatic carbocycles. The molecule has 16 heavy (non-hydrogen) atoms.